The number of hydrogen-bond donors (Lipinski definition) is 1. The molecule has 2 aromatic rings. The van der Waals surface area contributed by atoms with E-state index in [0.717, 1.165) is 5.75 Å². The zero-order valence-electron chi connectivity index (χ0n) is 13.1. The van der Waals surface area contributed by atoms with Gasteiger partial charge in [0.05, 0.1) is 6.10 Å². The van der Waals surface area contributed by atoms with Crippen molar-refractivity contribution in [2.75, 3.05) is 11.6 Å². The molecule has 0 radical (unpaired) electrons. The van der Waals surface area contributed by atoms with Crippen LogP contribution in [0.25, 0.3) is 0 Å². The van der Waals surface area contributed by atoms with Crippen molar-refractivity contribution in [3.63, 3.8) is 0 Å². The van der Waals surface area contributed by atoms with Gasteiger partial charge in [0.15, 0.2) is 0 Å². The first kappa shape index (κ1) is 15.8. The van der Waals surface area contributed by atoms with Crippen LogP contribution < -0.4 is 10.1 Å². The summed E-state index contributed by atoms with van der Waals surface area (Å²) in [7, 11) is 0. The zero-order valence-corrected chi connectivity index (χ0v) is 13.9. The maximum Gasteiger partial charge on any atom is 0.119 e. The van der Waals surface area contributed by atoms with Crippen molar-refractivity contribution in [1.29, 1.82) is 0 Å². The molecule has 0 saturated carbocycles. The van der Waals surface area contributed by atoms with E-state index in [0.29, 0.717) is 0 Å². The third kappa shape index (κ3) is 4.43. The lowest BCUT2D eigenvalue weighted by Gasteiger charge is -2.18. The lowest BCUT2D eigenvalue weighted by atomic mass is 10.1. The monoisotopic (exact) mass is 301 g/mol. The van der Waals surface area contributed by atoms with E-state index in [1.807, 2.05) is 26.0 Å². The molecule has 0 aliphatic carbocycles. The summed E-state index contributed by atoms with van der Waals surface area (Å²) in [6, 6.07) is 17.0. The molecule has 1 N–H and O–H groups in total. The van der Waals surface area contributed by atoms with E-state index in [1.165, 1.54) is 16.1 Å². The van der Waals surface area contributed by atoms with Gasteiger partial charge in [-0.25, -0.2) is 0 Å². The molecule has 0 aliphatic heterocycles. The second-order valence-corrected chi connectivity index (χ2v) is 6.15. The van der Waals surface area contributed by atoms with Crippen molar-refractivity contribution in [3.05, 3.63) is 54.1 Å². The van der Waals surface area contributed by atoms with Gasteiger partial charge in [-0.15, -0.1) is 11.8 Å². The molecule has 0 fully saturated rings. The van der Waals surface area contributed by atoms with Crippen LogP contribution in [0.5, 0.6) is 5.75 Å². The molecule has 2 aromatic carbocycles. The van der Waals surface area contributed by atoms with Gasteiger partial charge >= 0.3 is 0 Å². The van der Waals surface area contributed by atoms with Crippen LogP contribution in [0, 0.1) is 0 Å². The summed E-state index contributed by atoms with van der Waals surface area (Å²) in [4.78, 5) is 1.27. The summed E-state index contributed by atoms with van der Waals surface area (Å²) in [6.07, 6.45) is 2.31. The molecule has 0 bridgehead atoms. The van der Waals surface area contributed by atoms with Crippen LogP contribution in [0.15, 0.2) is 53.4 Å². The highest BCUT2D eigenvalue weighted by Crippen LogP contribution is 2.28. The number of nitrogens with one attached hydrogen (secondary N) is 1. The molecular formula is C18H23NOS. The van der Waals surface area contributed by atoms with E-state index >= 15 is 0 Å². The topological polar surface area (TPSA) is 21.3 Å². The summed E-state index contributed by atoms with van der Waals surface area (Å²) in [5.41, 5.74) is 2.43. The Balaban J connectivity index is 2.07. The van der Waals surface area contributed by atoms with E-state index in [2.05, 4.69) is 54.9 Å². The average Bonchev–Trinajstić information content (AvgIpc) is 2.48. The fraction of sp³-hybridized carbons (Fsp3) is 0.333. The Hall–Kier alpha value is -1.61. The van der Waals surface area contributed by atoms with Crippen LogP contribution in [-0.4, -0.2) is 12.4 Å². The number of para-hydroxylation sites is 1. The Morgan fingerprint density at radius 3 is 2.24 bits per heavy atom. The minimum Gasteiger partial charge on any atom is -0.491 e. The number of ether oxygens (including phenoxy) is 1. The second kappa shape index (κ2) is 7.41. The SMILES string of the molecule is CSc1ccccc1NC(C)c1ccc(OC(C)C)cc1. The molecule has 2 nitrogen and oxygen atoms in total. The van der Waals surface area contributed by atoms with Gasteiger partial charge in [0.2, 0.25) is 0 Å². The fourth-order valence-corrected chi connectivity index (χ4v) is 2.75. The molecule has 1 atom stereocenters. The van der Waals surface area contributed by atoms with Crippen LogP contribution >= 0.6 is 11.8 Å². The Morgan fingerprint density at radius 2 is 1.62 bits per heavy atom. The number of hydrogen-bond acceptors (Lipinski definition) is 3. The van der Waals surface area contributed by atoms with Crippen LogP contribution in [-0.2, 0) is 0 Å². The second-order valence-electron chi connectivity index (χ2n) is 5.30. The van der Waals surface area contributed by atoms with Gasteiger partial charge in [-0.3, -0.25) is 0 Å². The minimum absolute atomic E-state index is 0.208. The van der Waals surface area contributed by atoms with Crippen LogP contribution in [0.3, 0.4) is 0 Å². The third-order valence-corrected chi connectivity index (χ3v) is 4.03. The summed E-state index contributed by atoms with van der Waals surface area (Å²) < 4.78 is 5.68. The van der Waals surface area contributed by atoms with Gasteiger partial charge in [-0.05, 0) is 56.9 Å². The zero-order chi connectivity index (χ0) is 15.2. The van der Waals surface area contributed by atoms with Gasteiger partial charge in [-0.2, -0.15) is 0 Å². The molecule has 1 unspecified atom stereocenters. The van der Waals surface area contributed by atoms with E-state index < -0.39 is 0 Å². The van der Waals surface area contributed by atoms with E-state index in [1.54, 1.807) is 11.8 Å². The van der Waals surface area contributed by atoms with Gasteiger partial charge in [-0.1, -0.05) is 24.3 Å². The van der Waals surface area contributed by atoms with Crippen LogP contribution in [0.2, 0.25) is 0 Å². The molecule has 0 aliphatic rings. The number of benzene rings is 2. The summed E-state index contributed by atoms with van der Waals surface area (Å²) in [5.74, 6) is 0.922. The lowest BCUT2D eigenvalue weighted by molar-refractivity contribution is 0.242. The highest BCUT2D eigenvalue weighted by molar-refractivity contribution is 7.98. The minimum atomic E-state index is 0.208. The molecule has 0 heterocycles. The normalized spacial score (nSPS) is 12.2. The Morgan fingerprint density at radius 1 is 0.952 bits per heavy atom. The summed E-state index contributed by atoms with van der Waals surface area (Å²) >= 11 is 1.76. The van der Waals surface area contributed by atoms with Crippen molar-refractivity contribution in [2.45, 2.75) is 37.8 Å². The molecule has 112 valence electrons. The van der Waals surface area contributed by atoms with E-state index in [-0.39, 0.29) is 12.1 Å². The lowest BCUT2D eigenvalue weighted by Crippen LogP contribution is -2.08. The first-order valence-electron chi connectivity index (χ1n) is 7.26. The molecule has 0 amide bonds. The molecular weight excluding hydrogens is 278 g/mol. The third-order valence-electron chi connectivity index (χ3n) is 3.23. The van der Waals surface area contributed by atoms with Gasteiger partial charge in [0, 0.05) is 16.6 Å². The maximum absolute atomic E-state index is 5.68. The van der Waals surface area contributed by atoms with Crippen molar-refractivity contribution < 1.29 is 4.74 Å². The van der Waals surface area contributed by atoms with Crippen molar-refractivity contribution >= 4 is 17.4 Å². The Bertz CT molecular complexity index is 566. The van der Waals surface area contributed by atoms with E-state index in [9.17, 15) is 0 Å². The largest absolute Gasteiger partial charge is 0.491 e. The van der Waals surface area contributed by atoms with E-state index in [4.69, 9.17) is 4.74 Å². The van der Waals surface area contributed by atoms with Crippen molar-refractivity contribution in [3.8, 4) is 5.75 Å². The molecule has 2 rings (SSSR count). The molecule has 0 aromatic heterocycles. The fourth-order valence-electron chi connectivity index (χ4n) is 2.19. The van der Waals surface area contributed by atoms with Crippen LogP contribution in [0.4, 0.5) is 5.69 Å². The Labute approximate surface area is 131 Å². The van der Waals surface area contributed by atoms with Crippen molar-refractivity contribution in [2.24, 2.45) is 0 Å². The first-order chi connectivity index (χ1) is 10.1. The van der Waals surface area contributed by atoms with Gasteiger partial charge in [0.25, 0.3) is 0 Å². The molecule has 0 spiro atoms. The average molecular weight is 301 g/mol. The van der Waals surface area contributed by atoms with Crippen LogP contribution in [0.1, 0.15) is 32.4 Å². The highest BCUT2D eigenvalue weighted by Gasteiger charge is 2.08. The standard InChI is InChI=1S/C18H23NOS/c1-13(2)20-16-11-9-15(10-12-16)14(3)19-17-7-5-6-8-18(17)21-4/h5-14,19H,1-4H3. The highest BCUT2D eigenvalue weighted by atomic mass is 32.2. The Kier molecular flexibility index (Phi) is 5.57. The van der Waals surface area contributed by atoms with Crippen molar-refractivity contribution in [1.82, 2.24) is 0 Å². The summed E-state index contributed by atoms with van der Waals surface area (Å²) in [5, 5.41) is 3.58. The van der Waals surface area contributed by atoms with Gasteiger partial charge in [0.1, 0.15) is 5.75 Å². The number of thioether (sulfide) groups is 1. The first-order valence-corrected chi connectivity index (χ1v) is 8.49. The quantitative estimate of drug-likeness (QED) is 0.725. The maximum atomic E-state index is 5.68. The predicted molar refractivity (Wildman–Crippen MR) is 92.5 cm³/mol. The molecule has 3 heteroatoms. The molecule has 21 heavy (non-hydrogen) atoms. The number of anilines is 1. The summed E-state index contributed by atoms with van der Waals surface area (Å²) in [6.45, 7) is 6.25. The smallest absolute Gasteiger partial charge is 0.119 e. The predicted octanol–water partition coefficient (Wildman–Crippen LogP) is 5.37. The van der Waals surface area contributed by atoms with Gasteiger partial charge < -0.3 is 10.1 Å². The number of rotatable bonds is 6. The molecule has 0 saturated heterocycles.